The number of ether oxygens (including phenoxy) is 1. The number of nitrogens with zero attached hydrogens (tertiary/aromatic N) is 1. The highest BCUT2D eigenvalue weighted by Gasteiger charge is 2.21. The second kappa shape index (κ2) is 3.88. The molecule has 0 amide bonds. The van der Waals surface area contributed by atoms with Gasteiger partial charge in [-0.3, -0.25) is 0 Å². The Morgan fingerprint density at radius 2 is 2.07 bits per heavy atom. The van der Waals surface area contributed by atoms with Crippen LogP contribution in [0, 0.1) is 0 Å². The second-order valence-corrected chi connectivity index (χ2v) is 3.68. The summed E-state index contributed by atoms with van der Waals surface area (Å²) in [6.45, 7) is 2.06. The number of nitrogen functional groups attached to an aromatic ring is 1. The van der Waals surface area contributed by atoms with Gasteiger partial charge < -0.3 is 15.4 Å². The maximum Gasteiger partial charge on any atom is 0.0762 e. The summed E-state index contributed by atoms with van der Waals surface area (Å²) in [7, 11) is 1.77. The third-order valence-electron chi connectivity index (χ3n) is 2.74. The van der Waals surface area contributed by atoms with Gasteiger partial charge in [0.2, 0.25) is 0 Å². The van der Waals surface area contributed by atoms with E-state index in [9.17, 15) is 0 Å². The van der Waals surface area contributed by atoms with Gasteiger partial charge in [-0.2, -0.15) is 0 Å². The summed E-state index contributed by atoms with van der Waals surface area (Å²) in [5.74, 6) is 0. The third kappa shape index (κ3) is 1.82. The Labute approximate surface area is 84.5 Å². The average molecular weight is 192 g/mol. The van der Waals surface area contributed by atoms with E-state index in [2.05, 4.69) is 17.0 Å². The van der Waals surface area contributed by atoms with Crippen molar-refractivity contribution in [2.75, 3.05) is 30.8 Å². The summed E-state index contributed by atoms with van der Waals surface area (Å²) in [6, 6.07) is 8.01. The van der Waals surface area contributed by atoms with Crippen molar-refractivity contribution in [1.29, 1.82) is 0 Å². The van der Waals surface area contributed by atoms with Gasteiger partial charge in [0.1, 0.15) is 0 Å². The number of hydrogen-bond acceptors (Lipinski definition) is 3. The van der Waals surface area contributed by atoms with Crippen LogP contribution in [0.2, 0.25) is 0 Å². The monoisotopic (exact) mass is 192 g/mol. The maximum atomic E-state index is 5.64. The standard InChI is InChI=1S/C11H16N2O/c1-14-11-6-7-13(8-11)10-4-2-9(12)3-5-10/h2-5,11H,6-8,12H2,1H3/t11-/m0/s1. The van der Waals surface area contributed by atoms with E-state index >= 15 is 0 Å². The number of hydrogen-bond donors (Lipinski definition) is 1. The Bertz CT molecular complexity index is 297. The van der Waals surface area contributed by atoms with Crippen LogP contribution in [0.25, 0.3) is 0 Å². The Morgan fingerprint density at radius 3 is 2.64 bits per heavy atom. The highest BCUT2D eigenvalue weighted by atomic mass is 16.5. The van der Waals surface area contributed by atoms with Crippen molar-refractivity contribution in [3.8, 4) is 0 Å². The lowest BCUT2D eigenvalue weighted by atomic mass is 10.2. The molecule has 2 rings (SSSR count). The van der Waals surface area contributed by atoms with Crippen molar-refractivity contribution in [3.63, 3.8) is 0 Å². The molecule has 3 nitrogen and oxygen atoms in total. The fraction of sp³-hybridized carbons (Fsp3) is 0.455. The molecule has 1 aromatic carbocycles. The fourth-order valence-electron chi connectivity index (χ4n) is 1.84. The zero-order valence-corrected chi connectivity index (χ0v) is 8.44. The highest BCUT2D eigenvalue weighted by Crippen LogP contribution is 2.22. The van der Waals surface area contributed by atoms with Gasteiger partial charge in [0.05, 0.1) is 6.10 Å². The molecule has 0 aliphatic carbocycles. The van der Waals surface area contributed by atoms with Gasteiger partial charge in [0.15, 0.2) is 0 Å². The molecule has 1 fully saturated rings. The van der Waals surface area contributed by atoms with Gasteiger partial charge in [-0.25, -0.2) is 0 Å². The SMILES string of the molecule is CO[C@H]1CCN(c2ccc(N)cc2)C1. The molecule has 1 saturated heterocycles. The smallest absolute Gasteiger partial charge is 0.0762 e. The van der Waals surface area contributed by atoms with Gasteiger partial charge in [-0.05, 0) is 30.7 Å². The molecule has 0 unspecified atom stereocenters. The van der Waals surface area contributed by atoms with Crippen LogP contribution in [0.4, 0.5) is 11.4 Å². The van der Waals surface area contributed by atoms with E-state index < -0.39 is 0 Å². The van der Waals surface area contributed by atoms with Crippen LogP contribution in [0.5, 0.6) is 0 Å². The first-order valence-electron chi connectivity index (χ1n) is 4.93. The lowest BCUT2D eigenvalue weighted by Gasteiger charge is -2.18. The quantitative estimate of drug-likeness (QED) is 0.721. The molecule has 0 bridgehead atoms. The summed E-state index contributed by atoms with van der Waals surface area (Å²) < 4.78 is 5.32. The number of anilines is 2. The minimum atomic E-state index is 0.382. The number of benzene rings is 1. The molecule has 14 heavy (non-hydrogen) atoms. The Balaban J connectivity index is 2.06. The molecule has 0 saturated carbocycles. The van der Waals surface area contributed by atoms with Crippen molar-refractivity contribution >= 4 is 11.4 Å². The number of rotatable bonds is 2. The molecule has 1 aromatic rings. The molecule has 1 heterocycles. The fourth-order valence-corrected chi connectivity index (χ4v) is 1.84. The van der Waals surface area contributed by atoms with E-state index in [-0.39, 0.29) is 0 Å². The van der Waals surface area contributed by atoms with E-state index in [1.165, 1.54) is 5.69 Å². The van der Waals surface area contributed by atoms with E-state index in [0.29, 0.717) is 6.10 Å². The first-order valence-corrected chi connectivity index (χ1v) is 4.93. The van der Waals surface area contributed by atoms with Crippen molar-refractivity contribution < 1.29 is 4.74 Å². The van der Waals surface area contributed by atoms with E-state index in [1.54, 1.807) is 7.11 Å². The molecule has 3 heteroatoms. The van der Waals surface area contributed by atoms with E-state index in [0.717, 1.165) is 25.2 Å². The lowest BCUT2D eigenvalue weighted by Crippen LogP contribution is -2.21. The van der Waals surface area contributed by atoms with Crippen molar-refractivity contribution in [1.82, 2.24) is 0 Å². The summed E-state index contributed by atoms with van der Waals surface area (Å²) in [4.78, 5) is 2.33. The molecular weight excluding hydrogens is 176 g/mol. The van der Waals surface area contributed by atoms with Gasteiger partial charge in [-0.1, -0.05) is 0 Å². The number of methoxy groups -OCH3 is 1. The van der Waals surface area contributed by atoms with Crippen molar-refractivity contribution in [2.24, 2.45) is 0 Å². The van der Waals surface area contributed by atoms with Gasteiger partial charge in [0, 0.05) is 31.6 Å². The first-order chi connectivity index (χ1) is 6.79. The molecule has 0 spiro atoms. The minimum absolute atomic E-state index is 0.382. The summed E-state index contributed by atoms with van der Waals surface area (Å²) >= 11 is 0. The predicted molar refractivity (Wildman–Crippen MR) is 58.5 cm³/mol. The second-order valence-electron chi connectivity index (χ2n) is 3.68. The molecule has 1 aliphatic heterocycles. The average Bonchev–Trinajstić information content (AvgIpc) is 2.67. The third-order valence-corrected chi connectivity index (χ3v) is 2.74. The van der Waals surface area contributed by atoms with Crippen molar-refractivity contribution in [2.45, 2.75) is 12.5 Å². The zero-order valence-electron chi connectivity index (χ0n) is 8.44. The minimum Gasteiger partial charge on any atom is -0.399 e. The van der Waals surface area contributed by atoms with E-state index in [4.69, 9.17) is 10.5 Å². The topological polar surface area (TPSA) is 38.5 Å². The van der Waals surface area contributed by atoms with Crippen LogP contribution in [-0.2, 0) is 4.74 Å². The van der Waals surface area contributed by atoms with E-state index in [1.807, 2.05) is 12.1 Å². The molecule has 0 aromatic heterocycles. The van der Waals surface area contributed by atoms with Gasteiger partial charge in [-0.15, -0.1) is 0 Å². The van der Waals surface area contributed by atoms with Crippen LogP contribution >= 0.6 is 0 Å². The van der Waals surface area contributed by atoms with Gasteiger partial charge >= 0.3 is 0 Å². The van der Waals surface area contributed by atoms with Crippen LogP contribution in [0.1, 0.15) is 6.42 Å². The van der Waals surface area contributed by atoms with Crippen LogP contribution in [0.3, 0.4) is 0 Å². The normalized spacial score (nSPS) is 21.5. The number of nitrogens with two attached hydrogens (primary N) is 1. The molecule has 2 N–H and O–H groups in total. The Kier molecular flexibility index (Phi) is 2.59. The molecule has 1 aliphatic rings. The Morgan fingerprint density at radius 1 is 1.36 bits per heavy atom. The van der Waals surface area contributed by atoms with Crippen LogP contribution in [-0.4, -0.2) is 26.3 Å². The Hall–Kier alpha value is -1.22. The largest absolute Gasteiger partial charge is 0.399 e. The summed E-state index contributed by atoms with van der Waals surface area (Å²) in [6.07, 6.45) is 1.49. The molecular formula is C11H16N2O. The lowest BCUT2D eigenvalue weighted by molar-refractivity contribution is 0.121. The van der Waals surface area contributed by atoms with Crippen LogP contribution in [0.15, 0.2) is 24.3 Å². The maximum absolute atomic E-state index is 5.64. The molecule has 76 valence electrons. The van der Waals surface area contributed by atoms with Crippen molar-refractivity contribution in [3.05, 3.63) is 24.3 Å². The zero-order chi connectivity index (χ0) is 9.97. The summed E-state index contributed by atoms with van der Waals surface area (Å²) in [5.41, 5.74) is 7.69. The highest BCUT2D eigenvalue weighted by molar-refractivity contribution is 5.53. The molecule has 0 radical (unpaired) electrons. The first kappa shape index (κ1) is 9.34. The predicted octanol–water partition coefficient (Wildman–Crippen LogP) is 1.49. The summed E-state index contributed by atoms with van der Waals surface area (Å²) in [5, 5.41) is 0. The molecule has 1 atom stereocenters. The van der Waals surface area contributed by atoms with Crippen LogP contribution < -0.4 is 10.6 Å². The van der Waals surface area contributed by atoms with Gasteiger partial charge in [0.25, 0.3) is 0 Å².